The van der Waals surface area contributed by atoms with Crippen LogP contribution in [0.4, 0.5) is 11.4 Å². The molecule has 7 nitrogen and oxygen atoms in total. The molecule has 1 saturated carbocycles. The molecule has 27 heavy (non-hydrogen) atoms. The van der Waals surface area contributed by atoms with Gasteiger partial charge in [-0.15, -0.1) is 0 Å². The molecule has 2 aromatic rings. The van der Waals surface area contributed by atoms with E-state index in [9.17, 15) is 9.59 Å². The molecule has 0 aromatic heterocycles. The van der Waals surface area contributed by atoms with Gasteiger partial charge in [0.1, 0.15) is 5.75 Å². The van der Waals surface area contributed by atoms with Gasteiger partial charge < -0.3 is 24.8 Å². The zero-order valence-electron chi connectivity index (χ0n) is 15.1. The van der Waals surface area contributed by atoms with E-state index >= 15 is 0 Å². The zero-order valence-corrected chi connectivity index (χ0v) is 15.1. The molecule has 4 rings (SSSR count). The number of hydrogen-bond acceptors (Lipinski definition) is 5. The predicted octanol–water partition coefficient (Wildman–Crippen LogP) is 2.95. The van der Waals surface area contributed by atoms with Crippen LogP contribution in [0, 0.1) is 18.8 Å². The van der Waals surface area contributed by atoms with Crippen LogP contribution in [0.15, 0.2) is 36.4 Å². The number of rotatable bonds is 5. The first-order valence-corrected chi connectivity index (χ1v) is 8.71. The number of carbonyl (C=O) groups is 2. The maximum Gasteiger partial charge on any atom is 0.231 e. The van der Waals surface area contributed by atoms with Crippen LogP contribution in [-0.4, -0.2) is 25.7 Å². The van der Waals surface area contributed by atoms with Gasteiger partial charge >= 0.3 is 0 Å². The third kappa shape index (κ3) is 3.53. The summed E-state index contributed by atoms with van der Waals surface area (Å²) in [5.74, 6) is 0.814. The number of amides is 2. The number of anilines is 2. The van der Waals surface area contributed by atoms with E-state index in [1.54, 1.807) is 25.3 Å². The summed E-state index contributed by atoms with van der Waals surface area (Å²) in [5.41, 5.74) is 2.25. The minimum atomic E-state index is -0.343. The lowest BCUT2D eigenvalue weighted by atomic mass is 10.2. The van der Waals surface area contributed by atoms with Crippen molar-refractivity contribution in [3.8, 4) is 17.2 Å². The Bertz CT molecular complexity index is 911. The van der Waals surface area contributed by atoms with Gasteiger partial charge in [-0.05, 0) is 43.2 Å². The lowest BCUT2D eigenvalue weighted by Gasteiger charge is -2.11. The second-order valence-corrected chi connectivity index (χ2v) is 6.70. The molecule has 2 N–H and O–H groups in total. The fourth-order valence-corrected chi connectivity index (χ4v) is 3.13. The summed E-state index contributed by atoms with van der Waals surface area (Å²) in [4.78, 5) is 24.9. The second-order valence-electron chi connectivity index (χ2n) is 6.70. The van der Waals surface area contributed by atoms with Crippen LogP contribution in [0.3, 0.4) is 0 Å². The summed E-state index contributed by atoms with van der Waals surface area (Å²) >= 11 is 0. The number of aryl methyl sites for hydroxylation is 1. The maximum atomic E-state index is 12.5. The molecule has 0 bridgehead atoms. The van der Waals surface area contributed by atoms with Crippen molar-refractivity contribution in [3.05, 3.63) is 42.0 Å². The van der Waals surface area contributed by atoms with Crippen molar-refractivity contribution in [2.24, 2.45) is 11.8 Å². The van der Waals surface area contributed by atoms with Crippen LogP contribution >= 0.6 is 0 Å². The summed E-state index contributed by atoms with van der Waals surface area (Å²) in [6, 6.07) is 10.8. The Morgan fingerprint density at radius 3 is 2.52 bits per heavy atom. The number of methoxy groups -OCH3 is 1. The van der Waals surface area contributed by atoms with E-state index in [1.165, 1.54) is 0 Å². The summed E-state index contributed by atoms with van der Waals surface area (Å²) < 4.78 is 15.8. The second kappa shape index (κ2) is 6.83. The highest BCUT2D eigenvalue weighted by atomic mass is 16.7. The highest BCUT2D eigenvalue weighted by molar-refractivity contribution is 6.03. The smallest absolute Gasteiger partial charge is 0.231 e. The van der Waals surface area contributed by atoms with Crippen LogP contribution in [0.5, 0.6) is 17.2 Å². The number of carbonyl (C=O) groups excluding carboxylic acids is 2. The molecule has 2 amide bonds. The molecule has 140 valence electrons. The highest BCUT2D eigenvalue weighted by Gasteiger charge is 2.48. The number of fused-ring (bicyclic) bond motifs is 1. The third-order valence-electron chi connectivity index (χ3n) is 4.72. The van der Waals surface area contributed by atoms with Gasteiger partial charge in [-0.2, -0.15) is 0 Å². The quantitative estimate of drug-likeness (QED) is 0.847. The number of nitrogens with one attached hydrogen (secondary N) is 2. The third-order valence-corrected chi connectivity index (χ3v) is 4.72. The van der Waals surface area contributed by atoms with Crippen molar-refractivity contribution < 1.29 is 23.8 Å². The van der Waals surface area contributed by atoms with Crippen molar-refractivity contribution in [1.82, 2.24) is 0 Å². The first-order valence-electron chi connectivity index (χ1n) is 8.71. The van der Waals surface area contributed by atoms with Crippen molar-refractivity contribution in [1.29, 1.82) is 0 Å². The largest absolute Gasteiger partial charge is 0.495 e. The summed E-state index contributed by atoms with van der Waals surface area (Å²) in [6.07, 6.45) is 0.524. The van der Waals surface area contributed by atoms with Crippen molar-refractivity contribution in [3.63, 3.8) is 0 Å². The van der Waals surface area contributed by atoms with Gasteiger partial charge in [-0.25, -0.2) is 0 Å². The molecule has 7 heteroatoms. The first-order chi connectivity index (χ1) is 13.0. The highest BCUT2D eigenvalue weighted by Crippen LogP contribution is 2.41. The average molecular weight is 368 g/mol. The first kappa shape index (κ1) is 17.2. The van der Waals surface area contributed by atoms with E-state index in [-0.39, 0.29) is 30.4 Å². The zero-order chi connectivity index (χ0) is 19.0. The van der Waals surface area contributed by atoms with Gasteiger partial charge in [-0.1, -0.05) is 6.07 Å². The minimum Gasteiger partial charge on any atom is -0.495 e. The monoisotopic (exact) mass is 368 g/mol. The maximum absolute atomic E-state index is 12.5. The summed E-state index contributed by atoms with van der Waals surface area (Å²) in [6.45, 7) is 2.12. The molecule has 0 saturated heterocycles. The predicted molar refractivity (Wildman–Crippen MR) is 99.2 cm³/mol. The Kier molecular flexibility index (Phi) is 4.35. The van der Waals surface area contributed by atoms with E-state index in [0.29, 0.717) is 35.0 Å². The average Bonchev–Trinajstić information content (AvgIpc) is 3.33. The van der Waals surface area contributed by atoms with Crippen LogP contribution in [0.25, 0.3) is 0 Å². The Balaban J connectivity index is 1.37. The molecular formula is C20H20N2O5. The van der Waals surface area contributed by atoms with E-state index in [4.69, 9.17) is 14.2 Å². The number of hydrogen-bond donors (Lipinski definition) is 2. The Hall–Kier alpha value is -3.22. The molecule has 1 aliphatic heterocycles. The Labute approximate surface area is 156 Å². The standard InChI is InChI=1S/C20H20N2O5/c1-11-3-5-16(25-2)15(7-11)22-20(24)14-9-13(14)19(23)21-12-4-6-17-18(8-12)27-10-26-17/h3-8,13-14H,9-10H2,1-2H3,(H,21,23)(H,22,24). The van der Waals surface area contributed by atoms with Gasteiger partial charge in [-0.3, -0.25) is 9.59 Å². The summed E-state index contributed by atoms with van der Waals surface area (Å²) in [5, 5.41) is 5.70. The Morgan fingerprint density at radius 1 is 1.00 bits per heavy atom. The topological polar surface area (TPSA) is 85.9 Å². The molecular weight excluding hydrogens is 348 g/mol. The SMILES string of the molecule is COc1ccc(C)cc1NC(=O)C1CC1C(=O)Nc1ccc2c(c1)OCO2. The van der Waals surface area contributed by atoms with Gasteiger partial charge in [0.2, 0.25) is 18.6 Å². The van der Waals surface area contributed by atoms with Gasteiger partial charge in [0.25, 0.3) is 0 Å². The Morgan fingerprint density at radius 2 is 1.74 bits per heavy atom. The number of ether oxygens (including phenoxy) is 3. The molecule has 2 aromatic carbocycles. The van der Waals surface area contributed by atoms with Gasteiger partial charge in [0.05, 0.1) is 24.6 Å². The van der Waals surface area contributed by atoms with Crippen molar-refractivity contribution >= 4 is 23.2 Å². The van der Waals surface area contributed by atoms with Crippen molar-refractivity contribution in [2.75, 3.05) is 24.5 Å². The molecule has 2 atom stereocenters. The van der Waals surface area contributed by atoms with Crippen LogP contribution in [-0.2, 0) is 9.59 Å². The molecule has 1 fully saturated rings. The van der Waals surface area contributed by atoms with E-state index in [0.717, 1.165) is 5.56 Å². The molecule has 0 radical (unpaired) electrons. The normalized spacial score (nSPS) is 19.3. The van der Waals surface area contributed by atoms with Gasteiger partial charge in [0, 0.05) is 11.8 Å². The fourth-order valence-electron chi connectivity index (χ4n) is 3.13. The van der Waals surface area contributed by atoms with E-state index in [2.05, 4.69) is 10.6 Å². The minimum absolute atomic E-state index is 0.176. The molecule has 1 heterocycles. The molecule has 0 spiro atoms. The molecule has 1 aliphatic carbocycles. The lowest BCUT2D eigenvalue weighted by Crippen LogP contribution is -2.20. The van der Waals surface area contributed by atoms with Crippen molar-refractivity contribution in [2.45, 2.75) is 13.3 Å². The molecule has 2 aliphatic rings. The van der Waals surface area contributed by atoms with Crippen LogP contribution in [0.2, 0.25) is 0 Å². The van der Waals surface area contributed by atoms with Gasteiger partial charge in [0.15, 0.2) is 11.5 Å². The van der Waals surface area contributed by atoms with E-state index < -0.39 is 0 Å². The molecule has 2 unspecified atom stereocenters. The lowest BCUT2D eigenvalue weighted by molar-refractivity contribution is -0.122. The summed E-state index contributed by atoms with van der Waals surface area (Å²) in [7, 11) is 1.55. The van der Waals surface area contributed by atoms with Crippen LogP contribution in [0.1, 0.15) is 12.0 Å². The number of benzene rings is 2. The van der Waals surface area contributed by atoms with E-state index in [1.807, 2.05) is 25.1 Å². The van der Waals surface area contributed by atoms with Crippen LogP contribution < -0.4 is 24.8 Å². The fraction of sp³-hybridized carbons (Fsp3) is 0.300.